The molecule has 0 bridgehead atoms. The number of anilines is 1. The zero-order valence-electron chi connectivity index (χ0n) is 11.5. The van der Waals surface area contributed by atoms with Crippen LogP contribution in [0.15, 0.2) is 18.2 Å². The Morgan fingerprint density at radius 1 is 1.26 bits per heavy atom. The zero-order valence-corrected chi connectivity index (χ0v) is 11.5. The van der Waals surface area contributed by atoms with Gasteiger partial charge < -0.3 is 15.8 Å². The van der Waals surface area contributed by atoms with Gasteiger partial charge in [0.1, 0.15) is 11.6 Å². The molecule has 0 aliphatic heterocycles. The molecule has 0 unspecified atom stereocenters. The van der Waals surface area contributed by atoms with Gasteiger partial charge in [-0.1, -0.05) is 25.7 Å². The van der Waals surface area contributed by atoms with Crippen molar-refractivity contribution in [2.75, 3.05) is 19.0 Å². The molecular weight excluding hydrogens is 243 g/mol. The first-order chi connectivity index (χ1) is 9.19. The maximum atomic E-state index is 13.9. The van der Waals surface area contributed by atoms with Crippen molar-refractivity contribution in [2.24, 2.45) is 5.73 Å². The summed E-state index contributed by atoms with van der Waals surface area (Å²) < 4.78 is 19.1. The van der Waals surface area contributed by atoms with Crippen LogP contribution in [0.5, 0.6) is 5.75 Å². The third-order valence-electron chi connectivity index (χ3n) is 4.02. The molecule has 0 aromatic heterocycles. The lowest BCUT2D eigenvalue weighted by Crippen LogP contribution is -2.45. The molecule has 0 heterocycles. The highest BCUT2D eigenvalue weighted by Gasteiger charge is 2.30. The Balaban J connectivity index is 2.21. The van der Waals surface area contributed by atoms with Crippen molar-refractivity contribution in [3.8, 4) is 5.75 Å². The average molecular weight is 266 g/mol. The van der Waals surface area contributed by atoms with Crippen LogP contribution in [-0.4, -0.2) is 19.2 Å². The number of hydrogen-bond donors (Lipinski definition) is 2. The molecule has 3 N–H and O–H groups in total. The van der Waals surface area contributed by atoms with Crippen LogP contribution in [0.25, 0.3) is 0 Å². The van der Waals surface area contributed by atoms with Crippen LogP contribution >= 0.6 is 0 Å². The molecule has 1 fully saturated rings. The van der Waals surface area contributed by atoms with Crippen molar-refractivity contribution >= 4 is 5.69 Å². The number of nitrogens with one attached hydrogen (secondary N) is 1. The lowest BCUT2D eigenvalue weighted by molar-refractivity contribution is 0.407. The summed E-state index contributed by atoms with van der Waals surface area (Å²) in [6.07, 6.45) is 6.78. The molecule has 0 atom stereocenters. The molecule has 3 nitrogen and oxygen atoms in total. The van der Waals surface area contributed by atoms with E-state index in [0.29, 0.717) is 18.0 Å². The maximum Gasteiger partial charge on any atom is 0.146 e. The van der Waals surface area contributed by atoms with Gasteiger partial charge >= 0.3 is 0 Å². The SMILES string of the molecule is COc1ccc(F)c(NC2(CN)CCCCCC2)c1. The fourth-order valence-corrected chi connectivity index (χ4v) is 2.80. The monoisotopic (exact) mass is 266 g/mol. The van der Waals surface area contributed by atoms with E-state index in [1.54, 1.807) is 19.2 Å². The van der Waals surface area contributed by atoms with Crippen molar-refractivity contribution in [3.05, 3.63) is 24.0 Å². The summed E-state index contributed by atoms with van der Waals surface area (Å²) in [6.45, 7) is 0.531. The first-order valence-corrected chi connectivity index (χ1v) is 7.01. The first kappa shape index (κ1) is 14.1. The predicted molar refractivity (Wildman–Crippen MR) is 76.1 cm³/mol. The molecular formula is C15H23FN2O. The van der Waals surface area contributed by atoms with E-state index in [9.17, 15) is 4.39 Å². The van der Waals surface area contributed by atoms with E-state index in [1.165, 1.54) is 18.9 Å². The van der Waals surface area contributed by atoms with Crippen LogP contribution < -0.4 is 15.8 Å². The number of rotatable bonds is 4. The molecule has 0 amide bonds. The number of hydrogen-bond acceptors (Lipinski definition) is 3. The summed E-state index contributed by atoms with van der Waals surface area (Å²) in [7, 11) is 1.58. The lowest BCUT2D eigenvalue weighted by atomic mass is 9.90. The smallest absolute Gasteiger partial charge is 0.146 e. The van der Waals surface area contributed by atoms with Crippen LogP contribution in [-0.2, 0) is 0 Å². The van der Waals surface area contributed by atoms with E-state index in [0.717, 1.165) is 25.7 Å². The summed E-state index contributed by atoms with van der Waals surface area (Å²) in [6, 6.07) is 4.77. The topological polar surface area (TPSA) is 47.3 Å². The van der Waals surface area contributed by atoms with Crippen molar-refractivity contribution < 1.29 is 9.13 Å². The standard InChI is InChI=1S/C15H23FN2O/c1-19-12-6-7-13(16)14(10-12)18-15(11-17)8-4-2-3-5-9-15/h6-7,10,18H,2-5,8-9,11,17H2,1H3. The van der Waals surface area contributed by atoms with E-state index in [2.05, 4.69) is 5.32 Å². The third kappa shape index (κ3) is 3.38. The van der Waals surface area contributed by atoms with Crippen molar-refractivity contribution in [2.45, 2.75) is 44.1 Å². The van der Waals surface area contributed by atoms with Crippen LogP contribution in [0, 0.1) is 5.82 Å². The van der Waals surface area contributed by atoms with Gasteiger partial charge in [0, 0.05) is 18.2 Å². The molecule has 2 rings (SSSR count). The van der Waals surface area contributed by atoms with Gasteiger partial charge in [-0.2, -0.15) is 0 Å². The highest BCUT2D eigenvalue weighted by Crippen LogP contribution is 2.32. The summed E-state index contributed by atoms with van der Waals surface area (Å²) in [5, 5.41) is 3.35. The second-order valence-electron chi connectivity index (χ2n) is 5.37. The highest BCUT2D eigenvalue weighted by atomic mass is 19.1. The molecule has 1 aromatic rings. The Labute approximate surface area is 114 Å². The van der Waals surface area contributed by atoms with Crippen LogP contribution in [0.3, 0.4) is 0 Å². The molecule has 106 valence electrons. The third-order valence-corrected chi connectivity index (χ3v) is 4.02. The van der Waals surface area contributed by atoms with Crippen LogP contribution in [0.4, 0.5) is 10.1 Å². The zero-order chi connectivity index (χ0) is 13.7. The van der Waals surface area contributed by atoms with E-state index in [-0.39, 0.29) is 11.4 Å². The number of halogens is 1. The minimum atomic E-state index is -0.252. The van der Waals surface area contributed by atoms with Gasteiger partial charge in [0.2, 0.25) is 0 Å². The molecule has 19 heavy (non-hydrogen) atoms. The Morgan fingerprint density at radius 3 is 2.53 bits per heavy atom. The molecule has 0 radical (unpaired) electrons. The lowest BCUT2D eigenvalue weighted by Gasteiger charge is -2.34. The predicted octanol–water partition coefficient (Wildman–Crippen LogP) is 3.30. The second kappa shape index (κ2) is 6.24. The molecule has 4 heteroatoms. The first-order valence-electron chi connectivity index (χ1n) is 7.01. The molecule has 0 saturated heterocycles. The van der Waals surface area contributed by atoms with Gasteiger partial charge in [0.15, 0.2) is 0 Å². The minimum Gasteiger partial charge on any atom is -0.497 e. The number of benzene rings is 1. The molecule has 1 aromatic carbocycles. The van der Waals surface area contributed by atoms with Gasteiger partial charge in [-0.05, 0) is 25.0 Å². The Kier molecular flexibility index (Phi) is 4.64. The second-order valence-corrected chi connectivity index (χ2v) is 5.37. The van der Waals surface area contributed by atoms with Gasteiger partial charge in [-0.3, -0.25) is 0 Å². The van der Waals surface area contributed by atoms with Crippen molar-refractivity contribution in [1.29, 1.82) is 0 Å². The van der Waals surface area contributed by atoms with Crippen LogP contribution in [0.2, 0.25) is 0 Å². The quantitative estimate of drug-likeness (QED) is 0.822. The molecule has 1 saturated carbocycles. The van der Waals surface area contributed by atoms with Crippen molar-refractivity contribution in [3.63, 3.8) is 0 Å². The Morgan fingerprint density at radius 2 is 1.95 bits per heavy atom. The van der Waals surface area contributed by atoms with Crippen molar-refractivity contribution in [1.82, 2.24) is 0 Å². The van der Waals surface area contributed by atoms with E-state index >= 15 is 0 Å². The minimum absolute atomic E-state index is 0.177. The fourth-order valence-electron chi connectivity index (χ4n) is 2.80. The normalized spacial score (nSPS) is 18.7. The molecule has 1 aliphatic rings. The average Bonchev–Trinajstić information content (AvgIpc) is 2.67. The maximum absolute atomic E-state index is 13.9. The largest absolute Gasteiger partial charge is 0.497 e. The number of methoxy groups -OCH3 is 1. The van der Waals surface area contributed by atoms with Gasteiger partial charge in [0.05, 0.1) is 12.8 Å². The molecule has 0 spiro atoms. The van der Waals surface area contributed by atoms with E-state index < -0.39 is 0 Å². The summed E-state index contributed by atoms with van der Waals surface area (Å²) in [5.41, 5.74) is 6.28. The highest BCUT2D eigenvalue weighted by molar-refractivity contribution is 5.51. The van der Waals surface area contributed by atoms with Crippen LogP contribution in [0.1, 0.15) is 38.5 Å². The summed E-state index contributed by atoms with van der Waals surface area (Å²) >= 11 is 0. The van der Waals surface area contributed by atoms with E-state index in [4.69, 9.17) is 10.5 Å². The van der Waals surface area contributed by atoms with Gasteiger partial charge in [0.25, 0.3) is 0 Å². The Hall–Kier alpha value is -1.29. The number of ether oxygens (including phenoxy) is 1. The molecule has 1 aliphatic carbocycles. The van der Waals surface area contributed by atoms with Gasteiger partial charge in [-0.15, -0.1) is 0 Å². The Bertz CT molecular complexity index is 415. The number of nitrogens with two attached hydrogens (primary N) is 1. The van der Waals surface area contributed by atoms with Gasteiger partial charge in [-0.25, -0.2) is 4.39 Å². The van der Waals surface area contributed by atoms with E-state index in [1.807, 2.05) is 0 Å². The summed E-state index contributed by atoms with van der Waals surface area (Å²) in [5.74, 6) is 0.405. The summed E-state index contributed by atoms with van der Waals surface area (Å²) in [4.78, 5) is 0. The fraction of sp³-hybridized carbons (Fsp3) is 0.600.